The van der Waals surface area contributed by atoms with Crippen LogP contribution in [0, 0.1) is 0 Å². The van der Waals surface area contributed by atoms with E-state index in [2.05, 4.69) is 15.0 Å². The van der Waals surface area contributed by atoms with Crippen molar-refractivity contribution in [1.29, 1.82) is 0 Å². The molecule has 0 bridgehead atoms. The number of hydrogen-bond donors (Lipinski definition) is 2. The summed E-state index contributed by atoms with van der Waals surface area (Å²) in [5, 5.41) is 8.94. The van der Waals surface area contributed by atoms with Crippen molar-refractivity contribution in [2.75, 3.05) is 12.4 Å². The number of methoxy groups -OCH3 is 1. The lowest BCUT2D eigenvalue weighted by Crippen LogP contribution is -2.41. The fourth-order valence-corrected chi connectivity index (χ4v) is 5.32. The second kappa shape index (κ2) is 11.1. The van der Waals surface area contributed by atoms with Gasteiger partial charge in [-0.25, -0.2) is 18.4 Å². The first-order valence-electron chi connectivity index (χ1n) is 12.0. The Hall–Kier alpha value is -2.75. The highest BCUT2D eigenvalue weighted by Crippen LogP contribution is 2.35. The fourth-order valence-electron chi connectivity index (χ4n) is 4.24. The number of nitrogens with zero attached hydrogens (tertiary/aromatic N) is 3. The lowest BCUT2D eigenvalue weighted by atomic mass is 9.92. The summed E-state index contributed by atoms with van der Waals surface area (Å²) in [6.45, 7) is 5.92. The van der Waals surface area contributed by atoms with Crippen molar-refractivity contribution >= 4 is 40.1 Å². The maximum absolute atomic E-state index is 12.6. The van der Waals surface area contributed by atoms with Crippen LogP contribution >= 0.6 is 11.6 Å². The van der Waals surface area contributed by atoms with Crippen LogP contribution in [0.5, 0.6) is 0 Å². The van der Waals surface area contributed by atoms with Gasteiger partial charge in [-0.05, 0) is 64.7 Å². The molecule has 2 heterocycles. The van der Waals surface area contributed by atoms with Gasteiger partial charge in [0.15, 0.2) is 0 Å². The molecule has 2 N–H and O–H groups in total. The Labute approximate surface area is 219 Å². The molecule has 8 nitrogen and oxygen atoms in total. The van der Waals surface area contributed by atoms with Crippen molar-refractivity contribution in [3.8, 4) is 11.3 Å². The van der Waals surface area contributed by atoms with Crippen LogP contribution in [0.25, 0.3) is 11.3 Å². The number of anilines is 2. The lowest BCUT2D eigenvalue weighted by molar-refractivity contribution is 0.0601. The summed E-state index contributed by atoms with van der Waals surface area (Å²) in [6.07, 6.45) is 6.69. The summed E-state index contributed by atoms with van der Waals surface area (Å²) in [5.41, 5.74) is 2.61. The molecule has 1 aromatic carbocycles. The molecule has 0 spiro atoms. The highest BCUT2D eigenvalue weighted by molar-refractivity contribution is 7.84. The van der Waals surface area contributed by atoms with Gasteiger partial charge in [0.05, 0.1) is 52.0 Å². The molecule has 192 valence electrons. The second-order valence-corrected chi connectivity index (χ2v) is 12.3. The summed E-state index contributed by atoms with van der Waals surface area (Å²) in [7, 11) is 0.254. The zero-order chi connectivity index (χ0) is 25.9. The van der Waals surface area contributed by atoms with Crippen LogP contribution in [-0.2, 0) is 15.7 Å². The quantitative estimate of drug-likeness (QED) is 0.383. The van der Waals surface area contributed by atoms with E-state index < -0.39 is 17.0 Å². The molecule has 1 atom stereocenters. The largest absolute Gasteiger partial charge is 0.465 e. The fraction of sp³-hybridized carbons (Fsp3) is 0.423. The topological polar surface area (TPSA) is 98.1 Å². The zero-order valence-electron chi connectivity index (χ0n) is 21.0. The molecule has 0 saturated heterocycles. The van der Waals surface area contributed by atoms with Gasteiger partial charge in [0, 0.05) is 28.9 Å². The summed E-state index contributed by atoms with van der Waals surface area (Å²) in [5.74, 6) is 0.303. The van der Waals surface area contributed by atoms with Gasteiger partial charge in [-0.1, -0.05) is 23.7 Å². The Morgan fingerprint density at radius 3 is 2.58 bits per heavy atom. The Kier molecular flexibility index (Phi) is 8.12. The molecule has 0 aliphatic heterocycles. The number of hydrogen-bond acceptors (Lipinski definition) is 6. The predicted molar refractivity (Wildman–Crippen MR) is 144 cm³/mol. The molecule has 1 fully saturated rings. The van der Waals surface area contributed by atoms with E-state index in [4.69, 9.17) is 21.4 Å². The van der Waals surface area contributed by atoms with Crippen molar-refractivity contribution in [2.45, 2.75) is 63.3 Å². The van der Waals surface area contributed by atoms with Gasteiger partial charge < -0.3 is 10.1 Å². The normalized spacial score (nSPS) is 19.0. The lowest BCUT2D eigenvalue weighted by Gasteiger charge is -2.31. The third kappa shape index (κ3) is 6.14. The van der Waals surface area contributed by atoms with E-state index in [0.29, 0.717) is 16.3 Å². The van der Waals surface area contributed by atoms with E-state index in [9.17, 15) is 9.00 Å². The Balaban J connectivity index is 1.62. The third-order valence-electron chi connectivity index (χ3n) is 6.22. The van der Waals surface area contributed by atoms with E-state index in [-0.39, 0.29) is 16.8 Å². The van der Waals surface area contributed by atoms with Crippen LogP contribution in [-0.4, -0.2) is 42.8 Å². The first-order valence-corrected chi connectivity index (χ1v) is 13.5. The smallest absolute Gasteiger partial charge is 0.340 e. The molecule has 36 heavy (non-hydrogen) atoms. The molecular formula is C26H32ClN5O3S. The number of halogens is 1. The highest BCUT2D eigenvalue weighted by atomic mass is 35.5. The van der Waals surface area contributed by atoms with Crippen LogP contribution in [0.1, 0.15) is 62.9 Å². The van der Waals surface area contributed by atoms with Crippen LogP contribution in [0.2, 0.25) is 5.02 Å². The molecule has 4 rings (SSSR count). The average molecular weight is 530 g/mol. The average Bonchev–Trinajstić information content (AvgIpc) is 3.27. The molecule has 1 aliphatic rings. The standard InChI is InChI=1S/C26H32ClN5O3S/c1-26(2,3)36(34)31-19-8-10-20(11-9-19)32-24(15-22(30-32)17-6-5-7-18(27)14-17)29-23-16-28-13-12-21(23)25(33)35-4/h5-7,12-16,19-20,29,31H,8-11H2,1-4H3. The van der Waals surface area contributed by atoms with E-state index in [0.717, 1.165) is 42.8 Å². The Bertz CT molecular complexity index is 1250. The molecule has 3 aromatic rings. The van der Waals surface area contributed by atoms with E-state index in [1.807, 2.05) is 55.8 Å². The summed E-state index contributed by atoms with van der Waals surface area (Å²) >= 11 is 6.24. The van der Waals surface area contributed by atoms with Gasteiger partial charge >= 0.3 is 5.97 Å². The number of carbonyl (C=O) groups is 1. The molecule has 1 unspecified atom stereocenters. The molecule has 1 saturated carbocycles. The van der Waals surface area contributed by atoms with Crippen molar-refractivity contribution in [3.63, 3.8) is 0 Å². The zero-order valence-corrected chi connectivity index (χ0v) is 22.5. The minimum atomic E-state index is -1.10. The molecule has 2 aromatic heterocycles. The van der Waals surface area contributed by atoms with Crippen molar-refractivity contribution < 1.29 is 13.7 Å². The van der Waals surface area contributed by atoms with Crippen LogP contribution < -0.4 is 10.0 Å². The maximum Gasteiger partial charge on any atom is 0.340 e. The first kappa shape index (κ1) is 26.3. The number of benzene rings is 1. The SMILES string of the molecule is COC(=O)c1ccncc1Nc1cc(-c2cccc(Cl)c2)nn1C1CCC(NS(=O)C(C)(C)C)CC1. The number of ether oxygens (including phenoxy) is 1. The number of aromatic nitrogens is 3. The molecule has 0 amide bonds. The van der Waals surface area contributed by atoms with E-state index in [1.165, 1.54) is 7.11 Å². The third-order valence-corrected chi connectivity index (χ3v) is 8.11. The number of rotatable bonds is 7. The monoisotopic (exact) mass is 529 g/mol. The Morgan fingerprint density at radius 2 is 1.92 bits per heavy atom. The van der Waals surface area contributed by atoms with Gasteiger partial charge in [0.1, 0.15) is 5.82 Å². The second-order valence-electron chi connectivity index (χ2n) is 9.91. The molecular weight excluding hydrogens is 498 g/mol. The van der Waals surface area contributed by atoms with Crippen molar-refractivity contribution in [3.05, 3.63) is 59.4 Å². The first-order chi connectivity index (χ1) is 17.2. The summed E-state index contributed by atoms with van der Waals surface area (Å²) in [4.78, 5) is 16.5. The molecule has 1 aliphatic carbocycles. The van der Waals surface area contributed by atoms with Gasteiger partial charge in [0.2, 0.25) is 0 Å². The number of nitrogens with one attached hydrogen (secondary N) is 2. The van der Waals surface area contributed by atoms with Gasteiger partial charge in [0.25, 0.3) is 0 Å². The van der Waals surface area contributed by atoms with E-state index >= 15 is 0 Å². The number of carbonyl (C=O) groups excluding carboxylic acids is 1. The minimum absolute atomic E-state index is 0.139. The predicted octanol–water partition coefficient (Wildman–Crippen LogP) is 5.66. The highest BCUT2D eigenvalue weighted by Gasteiger charge is 2.29. The van der Waals surface area contributed by atoms with E-state index in [1.54, 1.807) is 18.5 Å². The van der Waals surface area contributed by atoms with Crippen molar-refractivity contribution in [2.24, 2.45) is 0 Å². The van der Waals surface area contributed by atoms with Crippen LogP contribution in [0.15, 0.2) is 48.8 Å². The summed E-state index contributed by atoms with van der Waals surface area (Å²) < 4.78 is 22.5. The number of esters is 1. The van der Waals surface area contributed by atoms with Crippen molar-refractivity contribution in [1.82, 2.24) is 19.5 Å². The molecule has 0 radical (unpaired) electrons. The van der Waals surface area contributed by atoms with Gasteiger partial charge in [-0.3, -0.25) is 4.98 Å². The van der Waals surface area contributed by atoms with Gasteiger partial charge in [-0.15, -0.1) is 0 Å². The van der Waals surface area contributed by atoms with Crippen LogP contribution in [0.4, 0.5) is 11.5 Å². The minimum Gasteiger partial charge on any atom is -0.465 e. The van der Waals surface area contributed by atoms with Crippen LogP contribution in [0.3, 0.4) is 0 Å². The van der Waals surface area contributed by atoms with Gasteiger partial charge in [-0.2, -0.15) is 5.10 Å². The summed E-state index contributed by atoms with van der Waals surface area (Å²) in [6, 6.07) is 11.5. The maximum atomic E-state index is 12.6. The Morgan fingerprint density at radius 1 is 1.17 bits per heavy atom. The molecule has 10 heteroatoms. The number of pyridine rings is 1.